The van der Waals surface area contributed by atoms with Gasteiger partial charge < -0.3 is 5.32 Å². The molecule has 1 atom stereocenters. The first-order chi connectivity index (χ1) is 10.1. The lowest BCUT2D eigenvalue weighted by Crippen LogP contribution is -2.08. The summed E-state index contributed by atoms with van der Waals surface area (Å²) < 4.78 is 0. The minimum Gasteiger partial charge on any atom is -0.378 e. The molecule has 0 fully saturated rings. The summed E-state index contributed by atoms with van der Waals surface area (Å²) in [5.41, 5.74) is 4.29. The van der Waals surface area contributed by atoms with Crippen molar-refractivity contribution in [2.75, 3.05) is 5.32 Å². The molecule has 21 heavy (non-hydrogen) atoms. The highest BCUT2D eigenvalue weighted by Crippen LogP contribution is 2.37. The first-order valence-electron chi connectivity index (χ1n) is 6.85. The van der Waals surface area contributed by atoms with Crippen LogP contribution in [0.15, 0.2) is 36.4 Å². The Balaban J connectivity index is 1.90. The van der Waals surface area contributed by atoms with Crippen LogP contribution in [0.25, 0.3) is 0 Å². The van der Waals surface area contributed by atoms with E-state index in [1.54, 1.807) is 6.07 Å². The molecular formula is C16H15ClN2O2. The minimum absolute atomic E-state index is 0.0495. The maximum absolute atomic E-state index is 10.9. The monoisotopic (exact) mass is 302 g/mol. The van der Waals surface area contributed by atoms with E-state index >= 15 is 0 Å². The molecule has 2 aromatic rings. The Morgan fingerprint density at radius 2 is 2.10 bits per heavy atom. The zero-order chi connectivity index (χ0) is 15.0. The molecule has 0 radical (unpaired) electrons. The van der Waals surface area contributed by atoms with E-state index in [9.17, 15) is 10.1 Å². The van der Waals surface area contributed by atoms with Gasteiger partial charge >= 0.3 is 0 Å². The van der Waals surface area contributed by atoms with Crippen LogP contribution in [0, 0.1) is 17.0 Å². The lowest BCUT2D eigenvalue weighted by atomic mass is 10.1. The van der Waals surface area contributed by atoms with Gasteiger partial charge in [0.1, 0.15) is 5.02 Å². The Kier molecular flexibility index (Phi) is 3.55. The van der Waals surface area contributed by atoms with E-state index in [1.807, 2.05) is 13.0 Å². The highest BCUT2D eigenvalue weighted by Gasteiger charge is 2.23. The van der Waals surface area contributed by atoms with E-state index in [1.165, 1.54) is 17.2 Å². The Morgan fingerprint density at radius 3 is 2.86 bits per heavy atom. The van der Waals surface area contributed by atoms with E-state index in [4.69, 9.17) is 11.6 Å². The third kappa shape index (κ3) is 2.59. The summed E-state index contributed by atoms with van der Waals surface area (Å²) in [5.74, 6) is 0. The first-order valence-corrected chi connectivity index (χ1v) is 7.23. The third-order valence-corrected chi connectivity index (χ3v) is 4.26. The predicted octanol–water partition coefficient (Wildman–Crippen LogP) is 4.66. The maximum Gasteiger partial charge on any atom is 0.288 e. The number of hydrogen-bond donors (Lipinski definition) is 1. The number of fused-ring (bicyclic) bond motifs is 1. The fourth-order valence-electron chi connectivity index (χ4n) is 2.86. The minimum atomic E-state index is -0.454. The van der Waals surface area contributed by atoms with Crippen molar-refractivity contribution in [3.05, 3.63) is 68.2 Å². The summed E-state index contributed by atoms with van der Waals surface area (Å²) in [7, 11) is 0. The van der Waals surface area contributed by atoms with Gasteiger partial charge in [-0.05, 0) is 42.5 Å². The quantitative estimate of drug-likeness (QED) is 0.663. The molecule has 0 bridgehead atoms. The molecule has 1 aliphatic carbocycles. The van der Waals surface area contributed by atoms with E-state index in [0.29, 0.717) is 0 Å². The molecule has 0 aromatic heterocycles. The molecule has 3 rings (SSSR count). The van der Waals surface area contributed by atoms with Gasteiger partial charge in [0.25, 0.3) is 5.69 Å². The van der Waals surface area contributed by atoms with Gasteiger partial charge in [-0.15, -0.1) is 0 Å². The zero-order valence-corrected chi connectivity index (χ0v) is 12.4. The number of nitro groups is 1. The average Bonchev–Trinajstić information content (AvgIpc) is 2.85. The van der Waals surface area contributed by atoms with Gasteiger partial charge in [-0.25, -0.2) is 0 Å². The Hall–Kier alpha value is -2.07. The number of nitrogens with one attached hydrogen (secondary N) is 1. The molecule has 0 spiro atoms. The van der Waals surface area contributed by atoms with Gasteiger partial charge in [0.2, 0.25) is 0 Å². The number of aryl methyl sites for hydroxylation is 2. The predicted molar refractivity (Wildman–Crippen MR) is 84.0 cm³/mol. The molecule has 2 aromatic carbocycles. The Bertz CT molecular complexity index is 715. The summed E-state index contributed by atoms with van der Waals surface area (Å²) in [5, 5.41) is 14.5. The topological polar surface area (TPSA) is 55.2 Å². The van der Waals surface area contributed by atoms with Crippen LogP contribution in [0.4, 0.5) is 11.4 Å². The van der Waals surface area contributed by atoms with Crippen LogP contribution in [-0.2, 0) is 6.42 Å². The fourth-order valence-corrected chi connectivity index (χ4v) is 3.09. The Labute approximate surface area is 127 Å². The average molecular weight is 303 g/mol. The summed E-state index contributed by atoms with van der Waals surface area (Å²) >= 11 is 6.00. The molecule has 108 valence electrons. The van der Waals surface area contributed by atoms with E-state index in [-0.39, 0.29) is 16.8 Å². The molecule has 4 nitrogen and oxygen atoms in total. The number of benzene rings is 2. The van der Waals surface area contributed by atoms with Crippen molar-refractivity contribution >= 4 is 23.0 Å². The molecule has 0 amide bonds. The van der Waals surface area contributed by atoms with E-state index < -0.39 is 4.92 Å². The van der Waals surface area contributed by atoms with Crippen molar-refractivity contribution in [3.63, 3.8) is 0 Å². The van der Waals surface area contributed by atoms with E-state index in [2.05, 4.69) is 23.5 Å². The number of nitrogens with zero attached hydrogens (tertiary/aromatic N) is 1. The molecule has 1 N–H and O–H groups in total. The first kappa shape index (κ1) is 13.9. The van der Waals surface area contributed by atoms with Gasteiger partial charge in [0.15, 0.2) is 0 Å². The molecule has 0 saturated heterocycles. The summed E-state index contributed by atoms with van der Waals surface area (Å²) in [6, 6.07) is 11.8. The van der Waals surface area contributed by atoms with Crippen LogP contribution in [-0.4, -0.2) is 4.92 Å². The molecule has 1 unspecified atom stereocenters. The molecule has 0 aliphatic heterocycles. The van der Waals surface area contributed by atoms with Gasteiger partial charge in [0.05, 0.1) is 11.0 Å². The number of rotatable bonds is 3. The molecule has 5 heteroatoms. The molecule has 0 heterocycles. The summed E-state index contributed by atoms with van der Waals surface area (Å²) in [4.78, 5) is 10.4. The lowest BCUT2D eigenvalue weighted by Gasteiger charge is -2.17. The van der Waals surface area contributed by atoms with Crippen molar-refractivity contribution in [1.82, 2.24) is 0 Å². The van der Waals surface area contributed by atoms with Gasteiger partial charge in [-0.2, -0.15) is 0 Å². The normalized spacial score (nSPS) is 16.6. The van der Waals surface area contributed by atoms with E-state index in [0.717, 1.165) is 24.1 Å². The van der Waals surface area contributed by atoms with Gasteiger partial charge in [-0.1, -0.05) is 35.9 Å². The second-order valence-electron chi connectivity index (χ2n) is 5.31. The highest BCUT2D eigenvalue weighted by atomic mass is 35.5. The highest BCUT2D eigenvalue weighted by molar-refractivity contribution is 6.33. The molecular weight excluding hydrogens is 288 g/mol. The van der Waals surface area contributed by atoms with Crippen LogP contribution in [0.1, 0.15) is 29.2 Å². The van der Waals surface area contributed by atoms with Crippen LogP contribution < -0.4 is 5.32 Å². The largest absolute Gasteiger partial charge is 0.378 e. The zero-order valence-electron chi connectivity index (χ0n) is 11.6. The number of nitro benzene ring substituents is 1. The molecule has 1 aliphatic rings. The van der Waals surface area contributed by atoms with Crippen molar-refractivity contribution in [1.29, 1.82) is 0 Å². The smallest absolute Gasteiger partial charge is 0.288 e. The summed E-state index contributed by atoms with van der Waals surface area (Å²) in [6.07, 6.45) is 2.07. The third-order valence-electron chi connectivity index (χ3n) is 3.95. The lowest BCUT2D eigenvalue weighted by molar-refractivity contribution is -0.384. The van der Waals surface area contributed by atoms with Crippen molar-refractivity contribution in [2.45, 2.75) is 25.8 Å². The van der Waals surface area contributed by atoms with Crippen LogP contribution in [0.2, 0.25) is 5.02 Å². The van der Waals surface area contributed by atoms with Crippen molar-refractivity contribution in [2.24, 2.45) is 0 Å². The maximum atomic E-state index is 10.9. The number of anilines is 1. The van der Waals surface area contributed by atoms with Crippen LogP contribution in [0.3, 0.4) is 0 Å². The second-order valence-corrected chi connectivity index (χ2v) is 5.72. The second kappa shape index (κ2) is 5.37. The van der Waals surface area contributed by atoms with Crippen LogP contribution >= 0.6 is 11.6 Å². The van der Waals surface area contributed by atoms with Gasteiger partial charge in [0, 0.05) is 11.8 Å². The fraction of sp³-hybridized carbons (Fsp3) is 0.250. The Morgan fingerprint density at radius 1 is 1.33 bits per heavy atom. The summed E-state index contributed by atoms with van der Waals surface area (Å²) in [6.45, 7) is 1.85. The van der Waals surface area contributed by atoms with Gasteiger partial charge in [-0.3, -0.25) is 10.1 Å². The molecule has 0 saturated carbocycles. The van der Waals surface area contributed by atoms with Crippen LogP contribution in [0.5, 0.6) is 0 Å². The number of halogens is 1. The SMILES string of the molecule is Cc1cc([N+](=O)[O-])c(Cl)cc1NC1CCc2ccccc21. The van der Waals surface area contributed by atoms with Crippen molar-refractivity contribution in [3.8, 4) is 0 Å². The standard InChI is InChI=1S/C16H15ClN2O2/c1-10-8-16(19(20)21)13(17)9-15(10)18-14-7-6-11-4-2-3-5-12(11)14/h2-5,8-9,14,18H,6-7H2,1H3. The van der Waals surface area contributed by atoms with Crippen molar-refractivity contribution < 1.29 is 4.92 Å². The number of hydrogen-bond acceptors (Lipinski definition) is 3.